The van der Waals surface area contributed by atoms with Crippen molar-refractivity contribution in [2.45, 2.75) is 0 Å². The third-order valence-electron chi connectivity index (χ3n) is 1.71. The number of amides is 2. The number of hydroxylamine groups is 1. The summed E-state index contributed by atoms with van der Waals surface area (Å²) >= 11 is 0. The van der Waals surface area contributed by atoms with Crippen LogP contribution in [-0.2, 0) is 9.63 Å². The fourth-order valence-corrected chi connectivity index (χ4v) is 1.04. The highest BCUT2D eigenvalue weighted by atomic mass is 19.1. The van der Waals surface area contributed by atoms with Crippen LogP contribution in [0.15, 0.2) is 24.3 Å². The Morgan fingerprint density at radius 2 is 2.19 bits per heavy atom. The number of rotatable bonds is 4. The summed E-state index contributed by atoms with van der Waals surface area (Å²) in [6, 6.07) is 5.18. The molecule has 1 aromatic rings. The molecule has 0 saturated carbocycles. The summed E-state index contributed by atoms with van der Waals surface area (Å²) in [5.41, 5.74) is 2.19. The second kappa shape index (κ2) is 5.82. The molecular formula is C10H11FN2O3. The van der Waals surface area contributed by atoms with Gasteiger partial charge in [0.2, 0.25) is 0 Å². The number of hydrogen-bond donors (Lipinski definition) is 2. The molecule has 0 bridgehead atoms. The zero-order valence-electron chi connectivity index (χ0n) is 8.62. The van der Waals surface area contributed by atoms with Crippen LogP contribution in [0.25, 0.3) is 0 Å². The molecule has 0 unspecified atom stereocenters. The number of hydrogen-bond acceptors (Lipinski definition) is 3. The highest BCUT2D eigenvalue weighted by Crippen LogP contribution is 2.02. The molecule has 0 aliphatic rings. The lowest BCUT2D eigenvalue weighted by Gasteiger charge is -2.04. The first kappa shape index (κ1) is 12.1. The molecule has 86 valence electrons. The summed E-state index contributed by atoms with van der Waals surface area (Å²) in [5, 5.41) is 2.31. The van der Waals surface area contributed by atoms with Crippen molar-refractivity contribution in [3.63, 3.8) is 0 Å². The van der Waals surface area contributed by atoms with E-state index < -0.39 is 17.6 Å². The largest absolute Gasteiger partial charge is 0.343 e. The maximum Gasteiger partial charge on any atom is 0.262 e. The molecule has 1 aromatic carbocycles. The zero-order valence-corrected chi connectivity index (χ0v) is 8.62. The summed E-state index contributed by atoms with van der Waals surface area (Å²) in [6.45, 7) is -0.233. The highest BCUT2D eigenvalue weighted by Gasteiger charge is 2.07. The molecule has 0 heterocycles. The normalized spacial score (nSPS) is 9.62. The van der Waals surface area contributed by atoms with Gasteiger partial charge in [0.15, 0.2) is 0 Å². The number of halogens is 1. The van der Waals surface area contributed by atoms with Gasteiger partial charge in [0.1, 0.15) is 5.82 Å². The maximum absolute atomic E-state index is 12.8. The second-order valence-electron chi connectivity index (χ2n) is 2.92. The minimum atomic E-state index is -0.522. The van der Waals surface area contributed by atoms with Gasteiger partial charge in [-0.05, 0) is 18.2 Å². The first-order chi connectivity index (χ1) is 7.63. The van der Waals surface area contributed by atoms with Crippen molar-refractivity contribution >= 4 is 11.8 Å². The lowest BCUT2D eigenvalue weighted by atomic mass is 10.2. The SMILES string of the molecule is CONC(=O)CNC(=O)c1cccc(F)c1. The Labute approximate surface area is 91.5 Å². The van der Waals surface area contributed by atoms with Crippen LogP contribution in [0.2, 0.25) is 0 Å². The van der Waals surface area contributed by atoms with Gasteiger partial charge in [0.25, 0.3) is 11.8 Å². The quantitative estimate of drug-likeness (QED) is 0.722. The van der Waals surface area contributed by atoms with E-state index in [0.29, 0.717) is 0 Å². The molecule has 0 aromatic heterocycles. The summed E-state index contributed by atoms with van der Waals surface area (Å²) in [6.07, 6.45) is 0. The minimum absolute atomic E-state index is 0.158. The van der Waals surface area contributed by atoms with Crippen LogP contribution in [-0.4, -0.2) is 25.5 Å². The van der Waals surface area contributed by atoms with Crippen molar-refractivity contribution in [3.05, 3.63) is 35.6 Å². The Morgan fingerprint density at radius 3 is 2.81 bits per heavy atom. The molecule has 2 N–H and O–H groups in total. The predicted molar refractivity (Wildman–Crippen MR) is 53.9 cm³/mol. The number of carbonyl (C=O) groups excluding carboxylic acids is 2. The standard InChI is InChI=1S/C10H11FN2O3/c1-16-13-9(14)6-12-10(15)7-3-2-4-8(11)5-7/h2-5H,6H2,1H3,(H,12,15)(H,13,14). The van der Waals surface area contributed by atoms with Crippen molar-refractivity contribution in [1.29, 1.82) is 0 Å². The third kappa shape index (κ3) is 3.66. The highest BCUT2D eigenvalue weighted by molar-refractivity contribution is 5.96. The Kier molecular flexibility index (Phi) is 4.41. The summed E-state index contributed by atoms with van der Waals surface area (Å²) in [5.74, 6) is -1.52. The fourth-order valence-electron chi connectivity index (χ4n) is 1.04. The van der Waals surface area contributed by atoms with Gasteiger partial charge in [-0.2, -0.15) is 0 Å². The molecule has 0 saturated heterocycles. The van der Waals surface area contributed by atoms with E-state index in [0.717, 1.165) is 6.07 Å². The third-order valence-corrected chi connectivity index (χ3v) is 1.71. The van der Waals surface area contributed by atoms with Crippen LogP contribution in [0.4, 0.5) is 4.39 Å². The van der Waals surface area contributed by atoms with E-state index >= 15 is 0 Å². The number of nitrogens with one attached hydrogen (secondary N) is 2. The van der Waals surface area contributed by atoms with Gasteiger partial charge < -0.3 is 5.32 Å². The molecule has 6 heteroatoms. The lowest BCUT2D eigenvalue weighted by molar-refractivity contribution is -0.130. The van der Waals surface area contributed by atoms with Crippen LogP contribution in [0.1, 0.15) is 10.4 Å². The van der Waals surface area contributed by atoms with E-state index in [1.807, 2.05) is 5.48 Å². The van der Waals surface area contributed by atoms with E-state index in [2.05, 4.69) is 10.2 Å². The zero-order chi connectivity index (χ0) is 12.0. The molecule has 0 fully saturated rings. The van der Waals surface area contributed by atoms with Gasteiger partial charge in [0, 0.05) is 5.56 Å². The van der Waals surface area contributed by atoms with Crippen LogP contribution < -0.4 is 10.8 Å². The number of benzene rings is 1. The van der Waals surface area contributed by atoms with Crippen molar-refractivity contribution in [3.8, 4) is 0 Å². The molecule has 0 aliphatic carbocycles. The van der Waals surface area contributed by atoms with E-state index in [1.165, 1.54) is 25.3 Å². The molecule has 0 radical (unpaired) electrons. The Hall–Kier alpha value is -1.95. The Bertz CT molecular complexity index is 395. The average Bonchev–Trinajstić information content (AvgIpc) is 2.26. The average molecular weight is 226 g/mol. The topological polar surface area (TPSA) is 67.4 Å². The van der Waals surface area contributed by atoms with Gasteiger partial charge in [0.05, 0.1) is 13.7 Å². The fraction of sp³-hybridized carbons (Fsp3) is 0.200. The molecular weight excluding hydrogens is 215 g/mol. The molecule has 0 aliphatic heterocycles. The van der Waals surface area contributed by atoms with Crippen molar-refractivity contribution in [2.24, 2.45) is 0 Å². The van der Waals surface area contributed by atoms with E-state index in [4.69, 9.17) is 0 Å². The first-order valence-corrected chi connectivity index (χ1v) is 4.49. The van der Waals surface area contributed by atoms with Crippen LogP contribution in [0.3, 0.4) is 0 Å². The van der Waals surface area contributed by atoms with Gasteiger partial charge in [-0.15, -0.1) is 0 Å². The van der Waals surface area contributed by atoms with Crippen LogP contribution >= 0.6 is 0 Å². The molecule has 0 spiro atoms. The summed E-state index contributed by atoms with van der Waals surface area (Å²) in [7, 11) is 1.28. The van der Waals surface area contributed by atoms with Gasteiger partial charge in [-0.1, -0.05) is 6.07 Å². The van der Waals surface area contributed by atoms with Crippen LogP contribution in [0.5, 0.6) is 0 Å². The molecule has 5 nitrogen and oxygen atoms in total. The van der Waals surface area contributed by atoms with Gasteiger partial charge in [-0.3, -0.25) is 14.4 Å². The predicted octanol–water partition coefficient (Wildman–Crippen LogP) is 0.233. The second-order valence-corrected chi connectivity index (χ2v) is 2.92. The summed E-state index contributed by atoms with van der Waals surface area (Å²) in [4.78, 5) is 26.7. The molecule has 1 rings (SSSR count). The molecule has 2 amide bonds. The smallest absolute Gasteiger partial charge is 0.262 e. The van der Waals surface area contributed by atoms with E-state index in [-0.39, 0.29) is 12.1 Å². The van der Waals surface area contributed by atoms with Crippen molar-refractivity contribution in [2.75, 3.05) is 13.7 Å². The lowest BCUT2D eigenvalue weighted by Crippen LogP contribution is -2.36. The van der Waals surface area contributed by atoms with E-state index in [9.17, 15) is 14.0 Å². The van der Waals surface area contributed by atoms with Crippen LogP contribution in [0, 0.1) is 5.82 Å². The summed E-state index contributed by atoms with van der Waals surface area (Å²) < 4.78 is 12.8. The van der Waals surface area contributed by atoms with Crippen molar-refractivity contribution in [1.82, 2.24) is 10.8 Å². The Morgan fingerprint density at radius 1 is 1.44 bits per heavy atom. The van der Waals surface area contributed by atoms with E-state index in [1.54, 1.807) is 0 Å². The Balaban J connectivity index is 2.50. The maximum atomic E-state index is 12.8. The monoisotopic (exact) mass is 226 g/mol. The molecule has 0 atom stereocenters. The molecule has 16 heavy (non-hydrogen) atoms. The number of carbonyl (C=O) groups is 2. The van der Waals surface area contributed by atoms with Gasteiger partial charge >= 0.3 is 0 Å². The van der Waals surface area contributed by atoms with Gasteiger partial charge in [-0.25, -0.2) is 9.87 Å². The first-order valence-electron chi connectivity index (χ1n) is 4.49. The minimum Gasteiger partial charge on any atom is -0.343 e. The van der Waals surface area contributed by atoms with Crippen molar-refractivity contribution < 1.29 is 18.8 Å².